The Labute approximate surface area is 346 Å². The number of hydrogen-bond donors (Lipinski definition) is 0. The van der Waals surface area contributed by atoms with Crippen LogP contribution in [0.25, 0.3) is 33.1 Å². The predicted octanol–water partition coefficient (Wildman–Crippen LogP) is 13.9. The van der Waals surface area contributed by atoms with E-state index in [0.29, 0.717) is 5.92 Å². The van der Waals surface area contributed by atoms with Gasteiger partial charge in [-0.1, -0.05) is 99.2 Å². The van der Waals surface area contributed by atoms with E-state index in [1.807, 2.05) is 0 Å². The third kappa shape index (κ3) is 6.04. The van der Waals surface area contributed by atoms with Crippen LogP contribution in [0.3, 0.4) is 0 Å². The molecule has 1 aromatic heterocycles. The molecular weight excluding hydrogens is 711 g/mol. The second kappa shape index (κ2) is 15.1. The van der Waals surface area contributed by atoms with E-state index in [2.05, 4.69) is 102 Å². The van der Waals surface area contributed by atoms with Gasteiger partial charge >= 0.3 is 0 Å². The lowest BCUT2D eigenvalue weighted by atomic mass is 9.47. The highest BCUT2D eigenvalue weighted by molar-refractivity contribution is 6.12. The lowest BCUT2D eigenvalue weighted by molar-refractivity contribution is -0.279. The number of nitrogens with zero attached hydrogens (tertiary/aromatic N) is 1. The van der Waals surface area contributed by atoms with Crippen molar-refractivity contribution >= 4 is 33.3 Å². The van der Waals surface area contributed by atoms with Crippen LogP contribution in [-0.2, 0) is 9.47 Å². The van der Waals surface area contributed by atoms with E-state index in [9.17, 15) is 0 Å². The molecule has 12 rings (SSSR count). The van der Waals surface area contributed by atoms with Crippen LogP contribution < -0.4 is 4.90 Å². The average molecular weight is 774 g/mol. The summed E-state index contributed by atoms with van der Waals surface area (Å²) >= 11 is 0. The first-order chi connectivity index (χ1) is 28.8. The number of fused-ring (bicyclic) bond motifs is 14. The van der Waals surface area contributed by atoms with E-state index < -0.39 is 0 Å². The lowest BCUT2D eigenvalue weighted by Crippen LogP contribution is -2.64. The summed E-state index contributed by atoms with van der Waals surface area (Å²) in [6.07, 6.45) is 24.3. The molecule has 4 heteroatoms. The van der Waals surface area contributed by atoms with Gasteiger partial charge in [0.25, 0.3) is 0 Å². The average Bonchev–Trinajstić information content (AvgIpc) is 3.67. The molecule has 0 amide bonds. The fraction of sp³-hybridized carbons (Fsp3) is 0.556. The van der Waals surface area contributed by atoms with Gasteiger partial charge < -0.3 is 18.8 Å². The van der Waals surface area contributed by atoms with Crippen molar-refractivity contribution in [2.45, 2.75) is 140 Å². The Morgan fingerprint density at radius 3 is 1.78 bits per heavy atom. The normalized spacial score (nSPS) is 37.2. The van der Waals surface area contributed by atoms with Crippen molar-refractivity contribution in [3.05, 3.63) is 97.1 Å². The van der Waals surface area contributed by atoms with Gasteiger partial charge in [-0.3, -0.25) is 0 Å². The Morgan fingerprint density at radius 1 is 0.431 bits per heavy atom. The first kappa shape index (κ1) is 36.3. The van der Waals surface area contributed by atoms with E-state index in [-0.39, 0.29) is 30.5 Å². The molecule has 1 aliphatic heterocycles. The molecule has 7 fully saturated rings. The van der Waals surface area contributed by atoms with Crippen LogP contribution in [-0.4, -0.2) is 30.5 Å². The van der Waals surface area contributed by atoms with Crippen LogP contribution in [0, 0.1) is 47.3 Å². The van der Waals surface area contributed by atoms with Crippen molar-refractivity contribution in [1.82, 2.24) is 0 Å². The maximum absolute atomic E-state index is 7.79. The molecule has 58 heavy (non-hydrogen) atoms. The van der Waals surface area contributed by atoms with Crippen LogP contribution in [0.2, 0.25) is 0 Å². The van der Waals surface area contributed by atoms with Crippen molar-refractivity contribution in [3.8, 4) is 11.1 Å². The zero-order valence-electron chi connectivity index (χ0n) is 34.4. The van der Waals surface area contributed by atoms with Crippen LogP contribution in [0.5, 0.6) is 0 Å². The fourth-order valence-corrected chi connectivity index (χ4v) is 15.4. The minimum absolute atomic E-state index is 0.0533. The van der Waals surface area contributed by atoms with Gasteiger partial charge in [0.15, 0.2) is 0 Å². The van der Waals surface area contributed by atoms with Gasteiger partial charge in [0.05, 0.1) is 24.4 Å². The first-order valence-corrected chi connectivity index (χ1v) is 23.9. The molecule has 13 atom stereocenters. The van der Waals surface area contributed by atoms with Gasteiger partial charge in [0.1, 0.15) is 17.3 Å². The molecule has 2 heterocycles. The molecule has 6 saturated carbocycles. The molecule has 0 spiro atoms. The van der Waals surface area contributed by atoms with Crippen LogP contribution >= 0.6 is 0 Å². The van der Waals surface area contributed by atoms with E-state index >= 15 is 0 Å². The Hall–Kier alpha value is -3.60. The fourth-order valence-electron chi connectivity index (χ4n) is 15.4. The lowest BCUT2D eigenvalue weighted by Gasteiger charge is -2.61. The molecule has 0 bridgehead atoms. The van der Waals surface area contributed by atoms with Crippen LogP contribution in [0.1, 0.15) is 109 Å². The van der Waals surface area contributed by atoms with Gasteiger partial charge in [0.2, 0.25) is 0 Å². The summed E-state index contributed by atoms with van der Waals surface area (Å²) in [5, 5.41) is 2.37. The van der Waals surface area contributed by atoms with E-state index in [0.717, 1.165) is 65.4 Å². The second-order valence-corrected chi connectivity index (χ2v) is 20.0. The summed E-state index contributed by atoms with van der Waals surface area (Å²) in [7, 11) is 0. The summed E-state index contributed by atoms with van der Waals surface area (Å²) < 4.78 is 21.8. The summed E-state index contributed by atoms with van der Waals surface area (Å²) in [4.78, 5) is 2.63. The highest BCUT2D eigenvalue weighted by Gasteiger charge is 2.59. The minimum Gasteiger partial charge on any atom is -0.456 e. The second-order valence-electron chi connectivity index (χ2n) is 20.0. The number of ether oxygens (including phenoxy) is 2. The summed E-state index contributed by atoms with van der Waals surface area (Å²) in [5.41, 5.74) is 6.78. The maximum Gasteiger partial charge on any atom is 0.136 e. The van der Waals surface area contributed by atoms with Gasteiger partial charge in [-0.15, -0.1) is 0 Å². The van der Waals surface area contributed by atoms with Crippen molar-refractivity contribution in [1.29, 1.82) is 0 Å². The Bertz CT molecular complexity index is 2210. The third-order valence-electron chi connectivity index (χ3n) is 17.4. The van der Waals surface area contributed by atoms with Crippen molar-refractivity contribution < 1.29 is 13.9 Å². The maximum atomic E-state index is 7.79. The van der Waals surface area contributed by atoms with Crippen LogP contribution in [0.4, 0.5) is 11.4 Å². The highest BCUT2D eigenvalue weighted by Crippen LogP contribution is 2.61. The topological polar surface area (TPSA) is 34.8 Å². The summed E-state index contributed by atoms with van der Waals surface area (Å²) in [6, 6.07) is 35.6. The molecular formula is C54H63NO3. The predicted molar refractivity (Wildman–Crippen MR) is 235 cm³/mol. The van der Waals surface area contributed by atoms with E-state index in [4.69, 9.17) is 13.9 Å². The number of furan rings is 1. The first-order valence-electron chi connectivity index (χ1n) is 23.9. The SMILES string of the molecule is c1ccc(N(c2cccc(-c3cccc4oc5ccccc5c34)c2)C2CCCC3OC4C(CCC5C6CCCCC6C6CCCCC6C6CCCCC6C54)OC32)cc1. The molecule has 13 unspecified atom stereocenters. The van der Waals surface area contributed by atoms with Gasteiger partial charge in [-0.25, -0.2) is 0 Å². The van der Waals surface area contributed by atoms with E-state index in [1.165, 1.54) is 130 Å². The number of benzene rings is 4. The molecule has 6 aliphatic carbocycles. The summed E-state index contributed by atoms with van der Waals surface area (Å²) in [6.45, 7) is 0. The third-order valence-corrected chi connectivity index (χ3v) is 17.4. The number of para-hydroxylation sites is 2. The number of hydrogen-bond acceptors (Lipinski definition) is 4. The Kier molecular flexibility index (Phi) is 9.47. The van der Waals surface area contributed by atoms with Crippen molar-refractivity contribution in [2.75, 3.05) is 4.90 Å². The van der Waals surface area contributed by atoms with Gasteiger partial charge in [-0.2, -0.15) is 0 Å². The van der Waals surface area contributed by atoms with Gasteiger partial charge in [-0.05, 0) is 165 Å². The Morgan fingerprint density at radius 2 is 1.02 bits per heavy atom. The Balaban J connectivity index is 0.896. The van der Waals surface area contributed by atoms with Crippen LogP contribution in [0.15, 0.2) is 101 Å². The highest BCUT2D eigenvalue weighted by atomic mass is 16.6. The largest absolute Gasteiger partial charge is 0.456 e. The molecule has 1 saturated heterocycles. The number of anilines is 2. The standard InChI is InChI=1S/C54H63NO3/c1-2-16-35(17-3-1)55(36-18-12-15-34(33-36)37-26-13-29-48-51(37)45-25-10-11-28-47(45)56-48)46-27-14-30-49-53(46)57-50-32-31-44-42-23-7-6-21-40(42)38-19-4-5-20-39(38)41-22-8-9-24-43(41)52(44)54(50)58-49/h1-3,10-13,15-18,25-26,28-29,33,38-44,46,49-50,52-54H,4-9,14,19-24,27,30-32H2. The molecule has 4 nitrogen and oxygen atoms in total. The van der Waals surface area contributed by atoms with Gasteiger partial charge in [0, 0.05) is 22.1 Å². The van der Waals surface area contributed by atoms with E-state index in [1.54, 1.807) is 0 Å². The molecule has 4 aromatic carbocycles. The van der Waals surface area contributed by atoms with Crippen molar-refractivity contribution in [2.24, 2.45) is 47.3 Å². The zero-order valence-corrected chi connectivity index (χ0v) is 34.4. The molecule has 5 aromatic rings. The zero-order chi connectivity index (χ0) is 38.2. The monoisotopic (exact) mass is 773 g/mol. The molecule has 302 valence electrons. The molecule has 0 N–H and O–H groups in total. The smallest absolute Gasteiger partial charge is 0.136 e. The molecule has 0 radical (unpaired) electrons. The molecule has 7 aliphatic rings. The minimum atomic E-state index is 0.0533. The van der Waals surface area contributed by atoms with Crippen molar-refractivity contribution in [3.63, 3.8) is 0 Å². The summed E-state index contributed by atoms with van der Waals surface area (Å²) in [5.74, 6) is 7.13. The number of rotatable bonds is 4. The quantitative estimate of drug-likeness (QED) is 0.170.